The Labute approximate surface area is 248 Å². The SMILES string of the molecule is [N-]=[N+]=N[C@]1(COC(=O)c2ccccc2)O[C@@H](n2cnc(C(N)=O)n2)[C@H](OC(=O)c2ccccc2)[C@@H]1OC(=O)c1ccccc1. The molecule has 15 heteroatoms. The van der Waals surface area contributed by atoms with E-state index in [2.05, 4.69) is 20.1 Å². The Balaban J connectivity index is 1.58. The molecule has 1 saturated heterocycles. The smallest absolute Gasteiger partial charge is 0.338 e. The van der Waals surface area contributed by atoms with Crippen LogP contribution in [0.1, 0.15) is 47.9 Å². The molecule has 1 aromatic heterocycles. The lowest BCUT2D eigenvalue weighted by Gasteiger charge is -2.29. The van der Waals surface area contributed by atoms with E-state index in [4.69, 9.17) is 24.7 Å². The molecule has 5 rings (SSSR count). The van der Waals surface area contributed by atoms with Crippen LogP contribution in [0.15, 0.2) is 102 Å². The minimum Gasteiger partial charge on any atom is -0.459 e. The average Bonchev–Trinajstić information content (AvgIpc) is 3.66. The maximum absolute atomic E-state index is 13.3. The average molecular weight is 598 g/mol. The molecule has 1 aliphatic heterocycles. The maximum atomic E-state index is 13.3. The standard InChI is InChI=1S/C29H23N7O8/c30-23(37)24-32-17-36(33-24)25-21(42-27(39)19-12-6-2-7-13-19)22(43-28(40)20-14-8-3-9-15-20)29(44-25,34-35-31)16-41-26(38)18-10-4-1-5-11-18/h1-15,17,21-22,25H,16H2,(H2,30,37)/t21-,22+,25-,29-/m1/s1. The van der Waals surface area contributed by atoms with Crippen LogP contribution in [-0.4, -0.2) is 63.1 Å². The highest BCUT2D eigenvalue weighted by Crippen LogP contribution is 2.43. The molecule has 0 saturated carbocycles. The summed E-state index contributed by atoms with van der Waals surface area (Å²) in [5, 5.41) is 7.75. The summed E-state index contributed by atoms with van der Waals surface area (Å²) in [5.41, 5.74) is 13.0. The lowest BCUT2D eigenvalue weighted by Crippen LogP contribution is -2.49. The number of carbonyl (C=O) groups is 4. The number of hydrogen-bond donors (Lipinski definition) is 1. The molecule has 44 heavy (non-hydrogen) atoms. The van der Waals surface area contributed by atoms with Gasteiger partial charge in [-0.1, -0.05) is 59.7 Å². The van der Waals surface area contributed by atoms with Gasteiger partial charge < -0.3 is 24.7 Å². The van der Waals surface area contributed by atoms with E-state index < -0.39 is 60.4 Å². The minimum atomic E-state index is -2.30. The van der Waals surface area contributed by atoms with Crippen molar-refractivity contribution >= 4 is 23.8 Å². The zero-order valence-corrected chi connectivity index (χ0v) is 22.7. The Morgan fingerprint density at radius 3 is 1.89 bits per heavy atom. The first-order valence-corrected chi connectivity index (χ1v) is 13.0. The second-order valence-electron chi connectivity index (χ2n) is 9.33. The molecule has 222 valence electrons. The van der Waals surface area contributed by atoms with Crippen molar-refractivity contribution in [3.63, 3.8) is 0 Å². The van der Waals surface area contributed by atoms with E-state index in [1.165, 1.54) is 36.4 Å². The van der Waals surface area contributed by atoms with Gasteiger partial charge in [-0.3, -0.25) is 4.79 Å². The molecule has 4 atom stereocenters. The van der Waals surface area contributed by atoms with Crippen molar-refractivity contribution in [3.05, 3.63) is 130 Å². The second-order valence-corrected chi connectivity index (χ2v) is 9.33. The first-order valence-electron chi connectivity index (χ1n) is 13.0. The molecule has 1 amide bonds. The molecule has 0 radical (unpaired) electrons. The first-order chi connectivity index (χ1) is 21.3. The summed E-state index contributed by atoms with van der Waals surface area (Å²) < 4.78 is 24.2. The molecule has 1 aliphatic rings. The fraction of sp³-hybridized carbons (Fsp3) is 0.172. The maximum Gasteiger partial charge on any atom is 0.338 e. The number of hydrogen-bond acceptors (Lipinski definition) is 11. The van der Waals surface area contributed by atoms with Crippen molar-refractivity contribution in [3.8, 4) is 0 Å². The van der Waals surface area contributed by atoms with Gasteiger partial charge in [0, 0.05) is 4.91 Å². The summed E-state index contributed by atoms with van der Waals surface area (Å²) in [5.74, 6) is -3.95. The van der Waals surface area contributed by atoms with Gasteiger partial charge in [0.15, 0.2) is 18.4 Å². The van der Waals surface area contributed by atoms with E-state index >= 15 is 0 Å². The van der Waals surface area contributed by atoms with E-state index in [-0.39, 0.29) is 16.7 Å². The third kappa shape index (κ3) is 6.23. The van der Waals surface area contributed by atoms with Crippen molar-refractivity contribution in [1.82, 2.24) is 14.8 Å². The van der Waals surface area contributed by atoms with E-state index in [9.17, 15) is 24.7 Å². The van der Waals surface area contributed by atoms with Crippen LogP contribution in [0.25, 0.3) is 10.4 Å². The monoisotopic (exact) mass is 597 g/mol. The number of rotatable bonds is 10. The topological polar surface area (TPSA) is 211 Å². The number of aromatic nitrogens is 3. The molecule has 0 spiro atoms. The minimum absolute atomic E-state index is 0.108. The van der Waals surface area contributed by atoms with Crippen LogP contribution < -0.4 is 5.73 Å². The van der Waals surface area contributed by atoms with Crippen molar-refractivity contribution in [2.75, 3.05) is 6.61 Å². The highest BCUT2D eigenvalue weighted by Gasteiger charge is 2.61. The predicted molar refractivity (Wildman–Crippen MR) is 149 cm³/mol. The van der Waals surface area contributed by atoms with Gasteiger partial charge in [0.25, 0.3) is 5.91 Å². The lowest BCUT2D eigenvalue weighted by atomic mass is 10.0. The van der Waals surface area contributed by atoms with Crippen LogP contribution in [0.2, 0.25) is 0 Å². The zero-order valence-electron chi connectivity index (χ0n) is 22.7. The van der Waals surface area contributed by atoms with Crippen molar-refractivity contribution in [1.29, 1.82) is 0 Å². The summed E-state index contributed by atoms with van der Waals surface area (Å²) >= 11 is 0. The Kier molecular flexibility index (Phi) is 8.60. The molecule has 3 aromatic carbocycles. The highest BCUT2D eigenvalue weighted by atomic mass is 16.7. The van der Waals surface area contributed by atoms with Crippen molar-refractivity contribution in [2.24, 2.45) is 10.8 Å². The summed E-state index contributed by atoms with van der Waals surface area (Å²) in [6.07, 6.45) is -3.75. The predicted octanol–water partition coefficient (Wildman–Crippen LogP) is 3.22. The fourth-order valence-corrected chi connectivity index (χ4v) is 4.39. The zero-order chi connectivity index (χ0) is 31.1. The summed E-state index contributed by atoms with van der Waals surface area (Å²) in [6, 6.07) is 23.6. The van der Waals surface area contributed by atoms with E-state index in [0.29, 0.717) is 0 Å². The number of nitrogens with zero attached hydrogens (tertiary/aromatic N) is 6. The third-order valence-corrected chi connectivity index (χ3v) is 6.47. The molecule has 15 nitrogen and oxygen atoms in total. The van der Waals surface area contributed by atoms with Crippen LogP contribution in [0.4, 0.5) is 0 Å². The van der Waals surface area contributed by atoms with Gasteiger partial charge in [0.1, 0.15) is 12.9 Å². The van der Waals surface area contributed by atoms with Crippen LogP contribution in [0, 0.1) is 0 Å². The van der Waals surface area contributed by atoms with Gasteiger partial charge in [-0.05, 0) is 41.9 Å². The summed E-state index contributed by atoms with van der Waals surface area (Å²) in [6.45, 7) is -0.787. The van der Waals surface area contributed by atoms with E-state index in [1.54, 1.807) is 54.6 Å². The number of ether oxygens (including phenoxy) is 4. The first kappa shape index (κ1) is 29.4. The molecule has 4 aromatic rings. The number of azide groups is 1. The number of esters is 3. The summed E-state index contributed by atoms with van der Waals surface area (Å²) in [4.78, 5) is 57.9. The molecular weight excluding hydrogens is 574 g/mol. The van der Waals surface area contributed by atoms with Crippen LogP contribution in [0.5, 0.6) is 0 Å². The van der Waals surface area contributed by atoms with E-state index in [1.807, 2.05) is 0 Å². The Morgan fingerprint density at radius 1 is 0.864 bits per heavy atom. The van der Waals surface area contributed by atoms with Gasteiger partial charge in [-0.2, -0.15) is 0 Å². The number of amides is 1. The summed E-state index contributed by atoms with van der Waals surface area (Å²) in [7, 11) is 0. The van der Waals surface area contributed by atoms with Crippen LogP contribution in [-0.2, 0) is 18.9 Å². The fourth-order valence-electron chi connectivity index (χ4n) is 4.39. The Hall–Kier alpha value is -6.05. The van der Waals surface area contributed by atoms with Gasteiger partial charge in [-0.15, -0.1) is 5.10 Å². The second kappa shape index (κ2) is 12.9. The molecule has 2 heterocycles. The number of nitrogens with two attached hydrogens (primary N) is 1. The molecule has 0 unspecified atom stereocenters. The lowest BCUT2D eigenvalue weighted by molar-refractivity contribution is -0.131. The number of carbonyl (C=O) groups excluding carboxylic acids is 4. The largest absolute Gasteiger partial charge is 0.459 e. The molecule has 0 bridgehead atoms. The molecular formula is C29H23N7O8. The van der Waals surface area contributed by atoms with Gasteiger partial charge in [0.2, 0.25) is 11.5 Å². The van der Waals surface area contributed by atoms with Gasteiger partial charge in [-0.25, -0.2) is 24.0 Å². The van der Waals surface area contributed by atoms with E-state index in [0.717, 1.165) is 11.0 Å². The Morgan fingerprint density at radius 2 is 1.39 bits per heavy atom. The third-order valence-electron chi connectivity index (χ3n) is 6.47. The van der Waals surface area contributed by atoms with Gasteiger partial charge in [0.05, 0.1) is 16.7 Å². The molecule has 1 fully saturated rings. The van der Waals surface area contributed by atoms with Crippen LogP contribution in [0.3, 0.4) is 0 Å². The quantitative estimate of drug-likeness (QED) is 0.0927. The Bertz CT molecular complexity index is 1710. The normalized spacial score (nSPS) is 20.6. The van der Waals surface area contributed by atoms with Crippen LogP contribution >= 0.6 is 0 Å². The van der Waals surface area contributed by atoms with Crippen molar-refractivity contribution < 1.29 is 38.1 Å². The number of primary amides is 1. The molecule has 2 N–H and O–H groups in total. The number of benzene rings is 3. The van der Waals surface area contributed by atoms with Crippen molar-refractivity contribution in [2.45, 2.75) is 24.2 Å². The molecule has 0 aliphatic carbocycles. The highest BCUT2D eigenvalue weighted by molar-refractivity contribution is 5.91. The van der Waals surface area contributed by atoms with Gasteiger partial charge >= 0.3 is 17.9 Å².